The molecule has 0 saturated heterocycles. The van der Waals surface area contributed by atoms with E-state index in [0.29, 0.717) is 35.1 Å². The molecule has 126 valence electrons. The van der Waals surface area contributed by atoms with E-state index in [9.17, 15) is 9.18 Å². The number of carbonyl (C=O) groups is 1. The number of fused-ring (bicyclic) bond motifs is 1. The molecule has 0 bridgehead atoms. The van der Waals surface area contributed by atoms with Crippen molar-refractivity contribution in [2.45, 2.75) is 11.9 Å². The van der Waals surface area contributed by atoms with Crippen LogP contribution >= 0.6 is 11.8 Å². The molecule has 1 amide bonds. The van der Waals surface area contributed by atoms with Crippen molar-refractivity contribution >= 4 is 17.7 Å². The quantitative estimate of drug-likeness (QED) is 0.816. The Bertz CT molecular complexity index is 710. The minimum Gasteiger partial charge on any atom is -0.485 e. The average Bonchev–Trinajstić information content (AvgIpc) is 2.62. The third-order valence-electron chi connectivity index (χ3n) is 3.56. The smallest absolute Gasteiger partial charge is 0.264 e. The number of thioether (sulfide) groups is 1. The van der Waals surface area contributed by atoms with Crippen molar-refractivity contribution in [3.8, 4) is 11.5 Å². The number of ether oxygens (including phenoxy) is 2. The summed E-state index contributed by atoms with van der Waals surface area (Å²) in [6, 6.07) is 14.0. The fourth-order valence-electron chi connectivity index (χ4n) is 2.31. The molecular formula is C18H18FNO3S. The average molecular weight is 347 g/mol. The van der Waals surface area contributed by atoms with Crippen LogP contribution in [0.3, 0.4) is 0 Å². The summed E-state index contributed by atoms with van der Waals surface area (Å²) in [5, 5.41) is 2.83. The number of para-hydroxylation sites is 2. The highest BCUT2D eigenvalue weighted by atomic mass is 32.2. The van der Waals surface area contributed by atoms with Crippen LogP contribution in [0, 0.1) is 5.82 Å². The Morgan fingerprint density at radius 2 is 1.92 bits per heavy atom. The zero-order chi connectivity index (χ0) is 16.8. The number of halogens is 1. The summed E-state index contributed by atoms with van der Waals surface area (Å²) in [5.41, 5.74) is 0.675. The maximum absolute atomic E-state index is 13.5. The molecule has 0 radical (unpaired) electrons. The van der Waals surface area contributed by atoms with Crippen LogP contribution in [0.2, 0.25) is 0 Å². The van der Waals surface area contributed by atoms with Crippen molar-refractivity contribution in [1.29, 1.82) is 0 Å². The minimum atomic E-state index is -0.642. The van der Waals surface area contributed by atoms with Crippen LogP contribution < -0.4 is 14.8 Å². The second-order valence-corrected chi connectivity index (χ2v) is 6.40. The fraction of sp³-hybridized carbons (Fsp3) is 0.278. The number of hydrogen-bond donors (Lipinski definition) is 1. The van der Waals surface area contributed by atoms with E-state index in [4.69, 9.17) is 9.47 Å². The van der Waals surface area contributed by atoms with Gasteiger partial charge in [-0.1, -0.05) is 30.3 Å². The highest BCUT2D eigenvalue weighted by Gasteiger charge is 2.26. The van der Waals surface area contributed by atoms with Crippen LogP contribution in [0.1, 0.15) is 5.56 Å². The third kappa shape index (κ3) is 4.20. The topological polar surface area (TPSA) is 47.6 Å². The number of benzene rings is 2. The standard InChI is InChI=1S/C18H18FNO3S/c19-14-6-2-1-5-13(14)12-24-10-9-20-18(21)17-11-22-15-7-3-4-8-16(15)23-17/h1-8,17H,9-12H2,(H,20,21). The molecule has 2 aromatic carbocycles. The number of carbonyl (C=O) groups excluding carboxylic acids is 1. The van der Waals surface area contributed by atoms with Gasteiger partial charge in [-0.25, -0.2) is 4.39 Å². The van der Waals surface area contributed by atoms with E-state index < -0.39 is 6.10 Å². The Hall–Kier alpha value is -2.21. The number of nitrogens with one attached hydrogen (secondary N) is 1. The van der Waals surface area contributed by atoms with Gasteiger partial charge in [0.1, 0.15) is 12.4 Å². The van der Waals surface area contributed by atoms with Crippen molar-refractivity contribution in [2.75, 3.05) is 18.9 Å². The molecule has 0 aliphatic carbocycles. The van der Waals surface area contributed by atoms with Gasteiger partial charge in [0.15, 0.2) is 11.5 Å². The molecule has 1 heterocycles. The summed E-state index contributed by atoms with van der Waals surface area (Å²) in [6.07, 6.45) is -0.642. The maximum atomic E-state index is 13.5. The summed E-state index contributed by atoms with van der Waals surface area (Å²) in [6.45, 7) is 0.699. The summed E-state index contributed by atoms with van der Waals surface area (Å²) < 4.78 is 24.6. The number of hydrogen-bond acceptors (Lipinski definition) is 4. The lowest BCUT2D eigenvalue weighted by molar-refractivity contribution is -0.130. The van der Waals surface area contributed by atoms with Crippen LogP contribution in [0.4, 0.5) is 4.39 Å². The second-order valence-electron chi connectivity index (χ2n) is 5.30. The van der Waals surface area contributed by atoms with Crippen molar-refractivity contribution in [2.24, 2.45) is 0 Å². The molecule has 0 aromatic heterocycles. The zero-order valence-corrected chi connectivity index (χ0v) is 13.9. The highest BCUT2D eigenvalue weighted by molar-refractivity contribution is 7.98. The predicted molar refractivity (Wildman–Crippen MR) is 91.9 cm³/mol. The number of amides is 1. The molecule has 4 nitrogen and oxygen atoms in total. The third-order valence-corrected chi connectivity index (χ3v) is 4.57. The van der Waals surface area contributed by atoms with Crippen LogP contribution in [0.5, 0.6) is 11.5 Å². The molecule has 6 heteroatoms. The fourth-order valence-corrected chi connectivity index (χ4v) is 3.15. The van der Waals surface area contributed by atoms with Gasteiger partial charge >= 0.3 is 0 Å². The van der Waals surface area contributed by atoms with E-state index in [-0.39, 0.29) is 18.3 Å². The molecule has 0 saturated carbocycles. The molecule has 1 aliphatic rings. The first-order valence-corrected chi connectivity index (χ1v) is 8.87. The van der Waals surface area contributed by atoms with Gasteiger partial charge in [-0.3, -0.25) is 4.79 Å². The van der Waals surface area contributed by atoms with Crippen molar-refractivity contribution in [3.63, 3.8) is 0 Å². The van der Waals surface area contributed by atoms with Crippen LogP contribution in [0.15, 0.2) is 48.5 Å². The lowest BCUT2D eigenvalue weighted by atomic mass is 10.2. The van der Waals surface area contributed by atoms with E-state index in [0.717, 1.165) is 0 Å². The van der Waals surface area contributed by atoms with Gasteiger partial charge in [-0.2, -0.15) is 11.8 Å². The normalized spacial score (nSPS) is 15.8. The van der Waals surface area contributed by atoms with E-state index in [1.807, 2.05) is 24.3 Å². The Morgan fingerprint density at radius 1 is 1.17 bits per heavy atom. The van der Waals surface area contributed by atoms with Crippen LogP contribution in [-0.4, -0.2) is 30.9 Å². The molecular weight excluding hydrogens is 329 g/mol. The summed E-state index contributed by atoms with van der Waals surface area (Å²) in [7, 11) is 0. The predicted octanol–water partition coefficient (Wildman–Crippen LogP) is 3.02. The molecule has 2 aromatic rings. The molecule has 3 rings (SSSR count). The first-order valence-electron chi connectivity index (χ1n) is 7.71. The molecule has 1 atom stereocenters. The van der Waals surface area contributed by atoms with E-state index >= 15 is 0 Å². The first-order chi connectivity index (χ1) is 11.7. The Morgan fingerprint density at radius 3 is 2.75 bits per heavy atom. The van der Waals surface area contributed by atoms with Gasteiger partial charge in [0.2, 0.25) is 6.10 Å². The second kappa shape index (κ2) is 8.06. The summed E-state index contributed by atoms with van der Waals surface area (Å²) in [4.78, 5) is 12.1. The largest absolute Gasteiger partial charge is 0.485 e. The Balaban J connectivity index is 1.38. The minimum absolute atomic E-state index is 0.194. The SMILES string of the molecule is O=C(NCCSCc1ccccc1F)C1COc2ccccc2O1. The molecule has 1 aliphatic heterocycles. The molecule has 1 unspecified atom stereocenters. The van der Waals surface area contributed by atoms with E-state index in [1.165, 1.54) is 6.07 Å². The molecule has 1 N–H and O–H groups in total. The van der Waals surface area contributed by atoms with Crippen molar-refractivity contribution in [3.05, 3.63) is 59.9 Å². The van der Waals surface area contributed by atoms with Crippen LogP contribution in [-0.2, 0) is 10.5 Å². The Labute approximate surface area is 144 Å². The van der Waals surface area contributed by atoms with Gasteiger partial charge in [-0.15, -0.1) is 0 Å². The van der Waals surface area contributed by atoms with Gasteiger partial charge < -0.3 is 14.8 Å². The molecule has 0 spiro atoms. The molecule has 24 heavy (non-hydrogen) atoms. The first kappa shape index (κ1) is 16.6. The summed E-state index contributed by atoms with van der Waals surface area (Å²) >= 11 is 1.57. The van der Waals surface area contributed by atoms with Crippen molar-refractivity contribution < 1.29 is 18.7 Å². The Kier molecular flexibility index (Phi) is 5.59. The lowest BCUT2D eigenvalue weighted by Gasteiger charge is -2.25. The lowest BCUT2D eigenvalue weighted by Crippen LogP contribution is -2.44. The van der Waals surface area contributed by atoms with E-state index in [2.05, 4.69) is 5.32 Å². The summed E-state index contributed by atoms with van der Waals surface area (Å²) in [5.74, 6) is 2.12. The monoisotopic (exact) mass is 347 g/mol. The van der Waals surface area contributed by atoms with Gasteiger partial charge in [0.25, 0.3) is 5.91 Å². The van der Waals surface area contributed by atoms with Crippen LogP contribution in [0.25, 0.3) is 0 Å². The van der Waals surface area contributed by atoms with E-state index in [1.54, 1.807) is 30.0 Å². The highest BCUT2D eigenvalue weighted by Crippen LogP contribution is 2.30. The maximum Gasteiger partial charge on any atom is 0.264 e. The zero-order valence-electron chi connectivity index (χ0n) is 13.0. The number of rotatable bonds is 6. The van der Waals surface area contributed by atoms with Gasteiger partial charge in [0.05, 0.1) is 0 Å². The van der Waals surface area contributed by atoms with Crippen molar-refractivity contribution in [1.82, 2.24) is 5.32 Å². The molecule has 0 fully saturated rings. The van der Waals surface area contributed by atoms with Gasteiger partial charge in [-0.05, 0) is 23.8 Å². The van der Waals surface area contributed by atoms with Gasteiger partial charge in [0, 0.05) is 18.1 Å².